The highest BCUT2D eigenvalue weighted by Gasteiger charge is 2.37. The van der Waals surface area contributed by atoms with E-state index in [4.69, 9.17) is 9.47 Å². The van der Waals surface area contributed by atoms with Crippen LogP contribution in [0.15, 0.2) is 24.3 Å². The van der Waals surface area contributed by atoms with Crippen molar-refractivity contribution in [2.24, 2.45) is 0 Å². The van der Waals surface area contributed by atoms with Crippen LogP contribution in [0, 0.1) is 6.92 Å². The lowest BCUT2D eigenvalue weighted by atomic mass is 10.0. The Morgan fingerprint density at radius 3 is 3.07 bits per heavy atom. The molecule has 0 aromatic heterocycles. The molecule has 0 radical (unpaired) electrons. The molecule has 0 amide bonds. The molecule has 0 bridgehead atoms. The Labute approximate surface area is 89.5 Å². The quantitative estimate of drug-likeness (QED) is 0.644. The van der Waals surface area contributed by atoms with Crippen LogP contribution in [0.1, 0.15) is 24.0 Å². The Balaban J connectivity index is 2.00. The molecule has 1 aromatic rings. The van der Waals surface area contributed by atoms with Crippen LogP contribution in [0.4, 0.5) is 0 Å². The van der Waals surface area contributed by atoms with Gasteiger partial charge in [-0.2, -0.15) is 0 Å². The van der Waals surface area contributed by atoms with Gasteiger partial charge in [0.05, 0.1) is 6.61 Å². The maximum atomic E-state index is 5.93. The van der Waals surface area contributed by atoms with Crippen molar-refractivity contribution in [3.05, 3.63) is 35.4 Å². The normalized spacial score (nSPS) is 27.8. The van der Waals surface area contributed by atoms with Crippen LogP contribution in [0.5, 0.6) is 5.75 Å². The van der Waals surface area contributed by atoms with Crippen LogP contribution in [0.25, 0.3) is 6.08 Å². The monoisotopic (exact) mass is 202 g/mol. The standard InChI is InChI=1S/C13H14O2/c1-10-3-4-12-11(9-10)5-7-13(15-12)6-2-8-14-13/h3-5,7,9H,2,6,8H2,1H3. The third-order valence-electron chi connectivity index (χ3n) is 2.98. The van der Waals surface area contributed by atoms with Gasteiger partial charge in [-0.15, -0.1) is 0 Å². The zero-order chi connectivity index (χ0) is 10.3. The summed E-state index contributed by atoms with van der Waals surface area (Å²) in [4.78, 5) is 0. The number of fused-ring (bicyclic) bond motifs is 1. The van der Waals surface area contributed by atoms with Crippen molar-refractivity contribution in [3.8, 4) is 5.75 Å². The minimum absolute atomic E-state index is 0.470. The number of benzene rings is 1. The summed E-state index contributed by atoms with van der Waals surface area (Å²) in [6.45, 7) is 2.89. The van der Waals surface area contributed by atoms with Crippen LogP contribution in [0.3, 0.4) is 0 Å². The SMILES string of the molecule is Cc1ccc2c(c1)C=CC1(CCCO1)O2. The summed E-state index contributed by atoms with van der Waals surface area (Å²) in [7, 11) is 0. The molecule has 1 spiro atoms. The van der Waals surface area contributed by atoms with E-state index in [0.717, 1.165) is 30.8 Å². The molecule has 1 aromatic carbocycles. The van der Waals surface area contributed by atoms with Crippen LogP contribution in [-0.2, 0) is 4.74 Å². The van der Waals surface area contributed by atoms with Gasteiger partial charge >= 0.3 is 0 Å². The van der Waals surface area contributed by atoms with E-state index in [-0.39, 0.29) is 0 Å². The number of ether oxygens (including phenoxy) is 2. The number of rotatable bonds is 0. The summed E-state index contributed by atoms with van der Waals surface area (Å²) in [5.41, 5.74) is 2.40. The van der Waals surface area contributed by atoms with Crippen molar-refractivity contribution >= 4 is 6.08 Å². The van der Waals surface area contributed by atoms with E-state index in [1.54, 1.807) is 0 Å². The van der Waals surface area contributed by atoms with Gasteiger partial charge < -0.3 is 9.47 Å². The van der Waals surface area contributed by atoms with E-state index >= 15 is 0 Å². The van der Waals surface area contributed by atoms with Gasteiger partial charge in [-0.3, -0.25) is 0 Å². The summed E-state index contributed by atoms with van der Waals surface area (Å²) in [5.74, 6) is 0.465. The van der Waals surface area contributed by atoms with Crippen LogP contribution >= 0.6 is 0 Å². The van der Waals surface area contributed by atoms with Crippen LogP contribution < -0.4 is 4.74 Å². The second-order valence-corrected chi connectivity index (χ2v) is 4.24. The highest BCUT2D eigenvalue weighted by molar-refractivity contribution is 5.61. The first kappa shape index (κ1) is 8.98. The first-order valence-corrected chi connectivity index (χ1v) is 5.40. The second kappa shape index (κ2) is 3.11. The average Bonchev–Trinajstić information content (AvgIpc) is 2.67. The summed E-state index contributed by atoms with van der Waals surface area (Å²) < 4.78 is 11.6. The fraction of sp³-hybridized carbons (Fsp3) is 0.385. The van der Waals surface area contributed by atoms with Crippen molar-refractivity contribution in [2.75, 3.05) is 6.61 Å². The maximum absolute atomic E-state index is 5.93. The van der Waals surface area contributed by atoms with Gasteiger partial charge in [0.25, 0.3) is 0 Å². The molecule has 2 aliphatic heterocycles. The molecule has 2 heterocycles. The summed E-state index contributed by atoms with van der Waals surface area (Å²) >= 11 is 0. The van der Waals surface area contributed by atoms with Gasteiger partial charge in [0, 0.05) is 12.0 Å². The van der Waals surface area contributed by atoms with E-state index in [9.17, 15) is 0 Å². The van der Waals surface area contributed by atoms with Gasteiger partial charge in [-0.05, 0) is 37.6 Å². The molecule has 0 aliphatic carbocycles. The molecule has 2 nitrogen and oxygen atoms in total. The maximum Gasteiger partial charge on any atom is 0.230 e. The molecule has 2 aliphatic rings. The molecule has 1 unspecified atom stereocenters. The van der Waals surface area contributed by atoms with E-state index in [0.29, 0.717) is 0 Å². The van der Waals surface area contributed by atoms with Gasteiger partial charge in [0.15, 0.2) is 0 Å². The first-order valence-electron chi connectivity index (χ1n) is 5.40. The third-order valence-corrected chi connectivity index (χ3v) is 2.98. The summed E-state index contributed by atoms with van der Waals surface area (Å²) in [6, 6.07) is 6.23. The molecular formula is C13H14O2. The molecular weight excluding hydrogens is 188 g/mol. The fourth-order valence-corrected chi connectivity index (χ4v) is 2.18. The predicted octanol–water partition coefficient (Wildman–Crippen LogP) is 2.91. The number of hydrogen-bond acceptors (Lipinski definition) is 2. The Hall–Kier alpha value is -1.28. The zero-order valence-electron chi connectivity index (χ0n) is 8.82. The van der Waals surface area contributed by atoms with Crippen molar-refractivity contribution in [2.45, 2.75) is 25.6 Å². The molecule has 0 N–H and O–H groups in total. The summed E-state index contributed by atoms with van der Waals surface area (Å²) in [5, 5.41) is 0. The molecule has 1 fully saturated rings. The Kier molecular flexibility index (Phi) is 1.86. The molecule has 0 saturated carbocycles. The molecule has 1 saturated heterocycles. The lowest BCUT2D eigenvalue weighted by Crippen LogP contribution is -2.34. The Bertz CT molecular complexity index is 415. The van der Waals surface area contributed by atoms with Gasteiger partial charge in [0.2, 0.25) is 5.79 Å². The Morgan fingerprint density at radius 2 is 2.27 bits per heavy atom. The first-order chi connectivity index (χ1) is 7.27. The van der Waals surface area contributed by atoms with Crippen molar-refractivity contribution in [1.29, 1.82) is 0 Å². The van der Waals surface area contributed by atoms with Gasteiger partial charge in [-0.25, -0.2) is 0 Å². The summed E-state index contributed by atoms with van der Waals surface area (Å²) in [6.07, 6.45) is 6.18. The zero-order valence-corrected chi connectivity index (χ0v) is 8.82. The van der Waals surface area contributed by atoms with Gasteiger partial charge in [0.1, 0.15) is 5.75 Å². The minimum atomic E-state index is -0.470. The number of hydrogen-bond donors (Lipinski definition) is 0. The third kappa shape index (κ3) is 1.45. The highest BCUT2D eigenvalue weighted by Crippen LogP contribution is 2.37. The van der Waals surface area contributed by atoms with Crippen LogP contribution in [-0.4, -0.2) is 12.4 Å². The fourth-order valence-electron chi connectivity index (χ4n) is 2.18. The van der Waals surface area contributed by atoms with Gasteiger partial charge in [-0.1, -0.05) is 11.6 Å². The van der Waals surface area contributed by atoms with E-state index in [2.05, 4.69) is 25.1 Å². The molecule has 2 heteroatoms. The smallest absolute Gasteiger partial charge is 0.230 e. The number of aryl methyl sites for hydroxylation is 1. The van der Waals surface area contributed by atoms with Crippen molar-refractivity contribution in [3.63, 3.8) is 0 Å². The van der Waals surface area contributed by atoms with E-state index in [1.165, 1.54) is 5.56 Å². The molecule has 1 atom stereocenters. The van der Waals surface area contributed by atoms with Crippen LogP contribution in [0.2, 0.25) is 0 Å². The lowest BCUT2D eigenvalue weighted by molar-refractivity contribution is -0.110. The largest absolute Gasteiger partial charge is 0.458 e. The average molecular weight is 202 g/mol. The van der Waals surface area contributed by atoms with E-state index < -0.39 is 5.79 Å². The van der Waals surface area contributed by atoms with E-state index in [1.807, 2.05) is 12.1 Å². The minimum Gasteiger partial charge on any atom is -0.458 e. The lowest BCUT2D eigenvalue weighted by Gasteiger charge is -2.30. The van der Waals surface area contributed by atoms with Crippen molar-refractivity contribution < 1.29 is 9.47 Å². The second-order valence-electron chi connectivity index (χ2n) is 4.24. The highest BCUT2D eigenvalue weighted by atomic mass is 16.7. The topological polar surface area (TPSA) is 18.5 Å². The molecule has 3 rings (SSSR count). The molecule has 78 valence electrons. The molecule has 15 heavy (non-hydrogen) atoms. The van der Waals surface area contributed by atoms with Crippen molar-refractivity contribution in [1.82, 2.24) is 0 Å². The predicted molar refractivity (Wildman–Crippen MR) is 58.8 cm³/mol. The Morgan fingerprint density at radius 1 is 1.33 bits per heavy atom.